The Morgan fingerprint density at radius 3 is 2.34 bits per heavy atom. The van der Waals surface area contributed by atoms with Crippen molar-refractivity contribution in [3.05, 3.63) is 35.9 Å². The molecule has 6 rings (SSSR count). The van der Waals surface area contributed by atoms with Crippen molar-refractivity contribution < 1.29 is 4.79 Å². The third-order valence-corrected chi connectivity index (χ3v) is 8.54. The molecule has 4 bridgehead atoms. The van der Waals surface area contributed by atoms with Gasteiger partial charge >= 0.3 is 0 Å². The number of rotatable bonds is 2. The zero-order chi connectivity index (χ0) is 20.0. The van der Waals surface area contributed by atoms with Crippen LogP contribution in [0.3, 0.4) is 0 Å². The Morgan fingerprint density at radius 2 is 1.66 bits per heavy atom. The summed E-state index contributed by atoms with van der Waals surface area (Å²) in [6.07, 6.45) is 11.9. The van der Waals surface area contributed by atoms with Crippen LogP contribution in [0.5, 0.6) is 0 Å². The van der Waals surface area contributed by atoms with Gasteiger partial charge in [0, 0.05) is 13.1 Å². The van der Waals surface area contributed by atoms with Crippen LogP contribution >= 0.6 is 0 Å². The fourth-order valence-corrected chi connectivity index (χ4v) is 8.15. The predicted octanol–water partition coefficient (Wildman–Crippen LogP) is 4.91. The molecule has 4 aliphatic carbocycles. The van der Waals surface area contributed by atoms with Crippen molar-refractivity contribution in [2.24, 2.45) is 16.7 Å². The Labute approximate surface area is 176 Å². The van der Waals surface area contributed by atoms with Crippen LogP contribution in [0.25, 0.3) is 0 Å². The van der Waals surface area contributed by atoms with E-state index in [2.05, 4.69) is 47.5 Å². The largest absolute Gasteiger partial charge is 0.342 e. The standard InChI is InChI=1S/C26H38N2O/c1-24-15-21-16-25(18-24,22-9-3-2-4-10-22)20-26(17-21,19-24)23(29)28-13-7-5-11-27-12-6-8-14-28/h2-4,9-10,21,27H,5-8,11-20H2,1H3/t21?,24-,25-,26?/m1/s1. The number of benzene rings is 1. The number of hydrogen-bond acceptors (Lipinski definition) is 2. The summed E-state index contributed by atoms with van der Waals surface area (Å²) in [6, 6.07) is 11.2. The number of hydrogen-bond donors (Lipinski definition) is 1. The fraction of sp³-hybridized carbons (Fsp3) is 0.731. The molecule has 29 heavy (non-hydrogen) atoms. The molecule has 3 nitrogen and oxygen atoms in total. The minimum atomic E-state index is -0.105. The topological polar surface area (TPSA) is 32.3 Å². The fourth-order valence-electron chi connectivity index (χ4n) is 8.15. The normalized spacial score (nSPS) is 40.0. The third kappa shape index (κ3) is 3.54. The summed E-state index contributed by atoms with van der Waals surface area (Å²) in [6.45, 7) is 6.62. The molecule has 5 aliphatic rings. The first-order valence-corrected chi connectivity index (χ1v) is 12.1. The smallest absolute Gasteiger partial charge is 0.228 e. The SMILES string of the molecule is C[C@]12CC3CC(C(=O)N4CCCCNCCCC4)(C1)C[C@@](c1ccccc1)(C3)C2. The molecule has 2 unspecified atom stereocenters. The molecule has 3 heteroatoms. The van der Waals surface area contributed by atoms with Gasteiger partial charge in [-0.3, -0.25) is 4.79 Å². The molecular formula is C26H38N2O. The van der Waals surface area contributed by atoms with Crippen LogP contribution in [0.1, 0.15) is 76.7 Å². The average Bonchev–Trinajstić information content (AvgIpc) is 2.70. The van der Waals surface area contributed by atoms with E-state index >= 15 is 0 Å². The van der Waals surface area contributed by atoms with E-state index < -0.39 is 0 Å². The minimum absolute atomic E-state index is 0.105. The van der Waals surface area contributed by atoms with E-state index in [0.717, 1.165) is 64.2 Å². The van der Waals surface area contributed by atoms with E-state index in [4.69, 9.17) is 0 Å². The highest BCUT2D eigenvalue weighted by atomic mass is 16.2. The van der Waals surface area contributed by atoms with Gasteiger partial charge in [-0.05, 0) is 99.6 Å². The van der Waals surface area contributed by atoms with Crippen molar-refractivity contribution in [3.8, 4) is 0 Å². The molecule has 158 valence electrons. The monoisotopic (exact) mass is 394 g/mol. The molecule has 1 aromatic carbocycles. The highest BCUT2D eigenvalue weighted by Crippen LogP contribution is 2.70. The summed E-state index contributed by atoms with van der Waals surface area (Å²) in [5, 5.41) is 3.53. The molecule has 1 heterocycles. The van der Waals surface area contributed by atoms with E-state index in [1.54, 1.807) is 0 Å². The molecule has 1 aromatic rings. The molecule has 4 atom stereocenters. The van der Waals surface area contributed by atoms with Gasteiger partial charge in [0.05, 0.1) is 5.41 Å². The van der Waals surface area contributed by atoms with Gasteiger partial charge in [0.2, 0.25) is 5.91 Å². The first kappa shape index (κ1) is 19.6. The Hall–Kier alpha value is -1.35. The van der Waals surface area contributed by atoms with E-state index in [1.807, 2.05) is 0 Å². The van der Waals surface area contributed by atoms with Gasteiger partial charge in [-0.2, -0.15) is 0 Å². The maximum Gasteiger partial charge on any atom is 0.228 e. The highest BCUT2D eigenvalue weighted by Gasteiger charge is 2.65. The first-order chi connectivity index (χ1) is 14.0. The molecule has 1 aliphatic heterocycles. The van der Waals surface area contributed by atoms with Gasteiger partial charge in [-0.25, -0.2) is 0 Å². The molecule has 1 amide bonds. The van der Waals surface area contributed by atoms with E-state index in [-0.39, 0.29) is 10.8 Å². The summed E-state index contributed by atoms with van der Waals surface area (Å²) in [5.74, 6) is 1.24. The number of nitrogens with zero attached hydrogens (tertiary/aromatic N) is 1. The predicted molar refractivity (Wildman–Crippen MR) is 118 cm³/mol. The molecule has 4 saturated carbocycles. The molecule has 1 N–H and O–H groups in total. The van der Waals surface area contributed by atoms with Gasteiger partial charge in [-0.15, -0.1) is 0 Å². The lowest BCUT2D eigenvalue weighted by molar-refractivity contribution is -0.170. The van der Waals surface area contributed by atoms with Crippen LogP contribution < -0.4 is 5.32 Å². The second-order valence-electron chi connectivity index (χ2n) is 11.2. The Balaban J connectivity index is 1.45. The summed E-state index contributed by atoms with van der Waals surface area (Å²) < 4.78 is 0. The molecule has 5 fully saturated rings. The van der Waals surface area contributed by atoms with Crippen molar-refractivity contribution in [2.45, 2.75) is 76.5 Å². The molecule has 0 radical (unpaired) electrons. The zero-order valence-electron chi connectivity index (χ0n) is 18.2. The zero-order valence-corrected chi connectivity index (χ0v) is 18.2. The summed E-state index contributed by atoms with van der Waals surface area (Å²) >= 11 is 0. The van der Waals surface area contributed by atoms with Crippen LogP contribution in [0.4, 0.5) is 0 Å². The van der Waals surface area contributed by atoms with Crippen molar-refractivity contribution >= 4 is 5.91 Å². The number of amides is 1. The number of carbonyl (C=O) groups excluding carboxylic acids is 1. The number of nitrogens with one attached hydrogen (secondary N) is 1. The summed E-state index contributed by atoms with van der Waals surface area (Å²) in [4.78, 5) is 16.4. The van der Waals surface area contributed by atoms with Crippen molar-refractivity contribution in [2.75, 3.05) is 26.2 Å². The second kappa shape index (κ2) is 7.41. The van der Waals surface area contributed by atoms with E-state index in [0.29, 0.717) is 11.3 Å². The third-order valence-electron chi connectivity index (χ3n) is 8.54. The Bertz CT molecular complexity index is 738. The van der Waals surface area contributed by atoms with Crippen molar-refractivity contribution in [1.82, 2.24) is 10.2 Å². The van der Waals surface area contributed by atoms with E-state index in [9.17, 15) is 4.79 Å². The molecule has 1 saturated heterocycles. The van der Waals surface area contributed by atoms with Crippen molar-refractivity contribution in [3.63, 3.8) is 0 Å². The first-order valence-electron chi connectivity index (χ1n) is 12.1. The van der Waals surface area contributed by atoms with Gasteiger partial charge in [0.25, 0.3) is 0 Å². The van der Waals surface area contributed by atoms with Gasteiger partial charge < -0.3 is 10.2 Å². The Morgan fingerprint density at radius 1 is 0.931 bits per heavy atom. The van der Waals surface area contributed by atoms with Crippen LogP contribution in [-0.2, 0) is 10.2 Å². The van der Waals surface area contributed by atoms with Crippen LogP contribution in [-0.4, -0.2) is 37.0 Å². The molecule has 0 spiro atoms. The Kier molecular flexibility index (Phi) is 5.01. The maximum absolute atomic E-state index is 14.1. The highest BCUT2D eigenvalue weighted by molar-refractivity contribution is 5.84. The maximum atomic E-state index is 14.1. The van der Waals surface area contributed by atoms with Crippen LogP contribution in [0.2, 0.25) is 0 Å². The lowest BCUT2D eigenvalue weighted by atomic mass is 9.38. The lowest BCUT2D eigenvalue weighted by Crippen LogP contribution is -2.62. The van der Waals surface area contributed by atoms with Crippen LogP contribution in [0, 0.1) is 16.7 Å². The van der Waals surface area contributed by atoms with E-state index in [1.165, 1.54) is 37.7 Å². The molecule has 0 aromatic heterocycles. The van der Waals surface area contributed by atoms with Gasteiger partial charge in [0.1, 0.15) is 0 Å². The lowest BCUT2D eigenvalue weighted by Gasteiger charge is -2.66. The number of carbonyl (C=O) groups is 1. The quantitative estimate of drug-likeness (QED) is 0.773. The van der Waals surface area contributed by atoms with Crippen molar-refractivity contribution in [1.29, 1.82) is 0 Å². The molecular weight excluding hydrogens is 356 g/mol. The summed E-state index contributed by atoms with van der Waals surface area (Å²) in [7, 11) is 0. The minimum Gasteiger partial charge on any atom is -0.342 e. The van der Waals surface area contributed by atoms with Crippen LogP contribution in [0.15, 0.2) is 30.3 Å². The van der Waals surface area contributed by atoms with Gasteiger partial charge in [-0.1, -0.05) is 37.3 Å². The second-order valence-corrected chi connectivity index (χ2v) is 11.2. The van der Waals surface area contributed by atoms with Gasteiger partial charge in [0.15, 0.2) is 0 Å². The summed E-state index contributed by atoms with van der Waals surface area (Å²) in [5.41, 5.74) is 1.96. The average molecular weight is 395 g/mol.